The van der Waals surface area contributed by atoms with E-state index in [1.165, 1.54) is 0 Å². The van der Waals surface area contributed by atoms with Crippen LogP contribution in [0.1, 0.15) is 31.0 Å². The standard InChI is InChI=1S/C11H16ClNO/c1-4-8-5-9(12)6-10(7(2)13)11(8)14-3/h5-7H,4,13H2,1-3H3. The summed E-state index contributed by atoms with van der Waals surface area (Å²) in [6.07, 6.45) is 0.892. The maximum absolute atomic E-state index is 5.99. The number of halogens is 1. The Balaban J connectivity index is 3.31. The molecule has 1 aromatic carbocycles. The van der Waals surface area contributed by atoms with Crippen LogP contribution < -0.4 is 10.5 Å². The molecule has 0 bridgehead atoms. The number of nitrogens with two attached hydrogens (primary N) is 1. The molecule has 3 heteroatoms. The van der Waals surface area contributed by atoms with Crippen LogP contribution >= 0.6 is 11.6 Å². The van der Waals surface area contributed by atoms with E-state index in [-0.39, 0.29) is 6.04 Å². The Morgan fingerprint density at radius 1 is 1.50 bits per heavy atom. The number of methoxy groups -OCH3 is 1. The molecule has 0 saturated heterocycles. The average molecular weight is 214 g/mol. The van der Waals surface area contributed by atoms with Gasteiger partial charge in [-0.1, -0.05) is 18.5 Å². The Labute approximate surface area is 90.0 Å². The number of benzene rings is 1. The van der Waals surface area contributed by atoms with Crippen LogP contribution in [-0.4, -0.2) is 7.11 Å². The minimum absolute atomic E-state index is 0.0612. The van der Waals surface area contributed by atoms with Crippen molar-refractivity contribution in [2.45, 2.75) is 26.3 Å². The third kappa shape index (κ3) is 2.20. The number of hydrogen-bond donors (Lipinski definition) is 1. The zero-order valence-corrected chi connectivity index (χ0v) is 9.56. The molecule has 0 aromatic heterocycles. The van der Waals surface area contributed by atoms with Gasteiger partial charge in [0.2, 0.25) is 0 Å². The minimum atomic E-state index is -0.0612. The largest absolute Gasteiger partial charge is 0.496 e. The van der Waals surface area contributed by atoms with Gasteiger partial charge in [0.25, 0.3) is 0 Å². The molecule has 0 fully saturated rings. The number of aryl methyl sites for hydroxylation is 1. The van der Waals surface area contributed by atoms with Crippen molar-refractivity contribution in [1.82, 2.24) is 0 Å². The maximum Gasteiger partial charge on any atom is 0.126 e. The van der Waals surface area contributed by atoms with E-state index in [4.69, 9.17) is 22.1 Å². The molecule has 2 nitrogen and oxygen atoms in total. The van der Waals surface area contributed by atoms with Gasteiger partial charge >= 0.3 is 0 Å². The van der Waals surface area contributed by atoms with Gasteiger partial charge in [-0.05, 0) is 31.0 Å². The first-order valence-electron chi connectivity index (χ1n) is 4.72. The smallest absolute Gasteiger partial charge is 0.126 e. The molecule has 14 heavy (non-hydrogen) atoms. The highest BCUT2D eigenvalue weighted by Crippen LogP contribution is 2.31. The van der Waals surface area contributed by atoms with Crippen molar-refractivity contribution in [2.24, 2.45) is 5.73 Å². The second kappa shape index (κ2) is 4.67. The molecule has 0 saturated carbocycles. The Kier molecular flexibility index (Phi) is 3.78. The van der Waals surface area contributed by atoms with Crippen LogP contribution in [0, 0.1) is 0 Å². The molecule has 0 aliphatic rings. The Bertz CT molecular complexity index is 323. The highest BCUT2D eigenvalue weighted by Gasteiger charge is 2.12. The summed E-state index contributed by atoms with van der Waals surface area (Å²) >= 11 is 5.99. The first kappa shape index (κ1) is 11.3. The zero-order valence-electron chi connectivity index (χ0n) is 8.80. The lowest BCUT2D eigenvalue weighted by Crippen LogP contribution is -2.08. The normalized spacial score (nSPS) is 12.6. The number of ether oxygens (including phenoxy) is 1. The summed E-state index contributed by atoms with van der Waals surface area (Å²) in [4.78, 5) is 0. The molecule has 1 unspecified atom stereocenters. The fraction of sp³-hybridized carbons (Fsp3) is 0.455. The average Bonchev–Trinajstić information content (AvgIpc) is 2.16. The zero-order chi connectivity index (χ0) is 10.7. The molecule has 0 radical (unpaired) electrons. The Morgan fingerprint density at radius 3 is 2.57 bits per heavy atom. The van der Waals surface area contributed by atoms with Gasteiger partial charge in [-0.3, -0.25) is 0 Å². The SMILES string of the molecule is CCc1cc(Cl)cc(C(C)N)c1OC. The first-order chi connectivity index (χ1) is 6.60. The lowest BCUT2D eigenvalue weighted by atomic mass is 10.0. The molecule has 0 aliphatic carbocycles. The molecule has 0 spiro atoms. The topological polar surface area (TPSA) is 35.2 Å². The number of rotatable bonds is 3. The second-order valence-electron chi connectivity index (χ2n) is 3.33. The van der Waals surface area contributed by atoms with Crippen molar-refractivity contribution in [2.75, 3.05) is 7.11 Å². The summed E-state index contributed by atoms with van der Waals surface area (Å²) in [7, 11) is 1.66. The van der Waals surface area contributed by atoms with E-state index >= 15 is 0 Å². The molecule has 0 amide bonds. The van der Waals surface area contributed by atoms with E-state index < -0.39 is 0 Å². The van der Waals surface area contributed by atoms with Gasteiger partial charge < -0.3 is 10.5 Å². The highest BCUT2D eigenvalue weighted by molar-refractivity contribution is 6.30. The fourth-order valence-electron chi connectivity index (χ4n) is 1.52. The van der Waals surface area contributed by atoms with Crippen molar-refractivity contribution in [3.8, 4) is 5.75 Å². The molecule has 1 atom stereocenters. The van der Waals surface area contributed by atoms with Crippen LogP contribution in [0.15, 0.2) is 12.1 Å². The van der Waals surface area contributed by atoms with Gasteiger partial charge in [-0.15, -0.1) is 0 Å². The van der Waals surface area contributed by atoms with Crippen molar-refractivity contribution in [3.63, 3.8) is 0 Å². The molecule has 0 aliphatic heterocycles. The van der Waals surface area contributed by atoms with Gasteiger partial charge in [0.1, 0.15) is 5.75 Å². The summed E-state index contributed by atoms with van der Waals surface area (Å²) in [6, 6.07) is 3.73. The van der Waals surface area contributed by atoms with E-state index in [1.54, 1.807) is 7.11 Å². The van der Waals surface area contributed by atoms with Crippen LogP contribution in [0.2, 0.25) is 5.02 Å². The summed E-state index contributed by atoms with van der Waals surface area (Å²) in [6.45, 7) is 3.99. The van der Waals surface area contributed by atoms with Gasteiger partial charge in [-0.2, -0.15) is 0 Å². The van der Waals surface area contributed by atoms with E-state index in [0.717, 1.165) is 28.3 Å². The van der Waals surface area contributed by atoms with Crippen molar-refractivity contribution < 1.29 is 4.74 Å². The van der Waals surface area contributed by atoms with Crippen LogP contribution in [0.4, 0.5) is 0 Å². The molecule has 2 N–H and O–H groups in total. The van der Waals surface area contributed by atoms with E-state index in [0.29, 0.717) is 0 Å². The Morgan fingerprint density at radius 2 is 2.14 bits per heavy atom. The van der Waals surface area contributed by atoms with Crippen molar-refractivity contribution in [1.29, 1.82) is 0 Å². The van der Waals surface area contributed by atoms with Gasteiger partial charge in [0.15, 0.2) is 0 Å². The Hall–Kier alpha value is -0.730. The molecule has 1 rings (SSSR count). The van der Waals surface area contributed by atoms with Crippen LogP contribution in [0.5, 0.6) is 5.75 Å². The monoisotopic (exact) mass is 213 g/mol. The fourth-order valence-corrected chi connectivity index (χ4v) is 1.77. The molecular formula is C11H16ClNO. The maximum atomic E-state index is 5.99. The van der Waals surface area contributed by atoms with E-state index in [1.807, 2.05) is 19.1 Å². The van der Waals surface area contributed by atoms with Crippen LogP contribution in [0.3, 0.4) is 0 Å². The minimum Gasteiger partial charge on any atom is -0.496 e. The second-order valence-corrected chi connectivity index (χ2v) is 3.77. The van der Waals surface area contributed by atoms with Gasteiger partial charge in [0, 0.05) is 16.6 Å². The third-order valence-electron chi connectivity index (χ3n) is 2.23. The predicted molar refractivity (Wildman–Crippen MR) is 60.0 cm³/mol. The molecular weight excluding hydrogens is 198 g/mol. The van der Waals surface area contributed by atoms with E-state index in [2.05, 4.69) is 6.92 Å². The van der Waals surface area contributed by atoms with Crippen molar-refractivity contribution in [3.05, 3.63) is 28.3 Å². The van der Waals surface area contributed by atoms with Crippen molar-refractivity contribution >= 4 is 11.6 Å². The quantitative estimate of drug-likeness (QED) is 0.838. The molecule has 78 valence electrons. The lowest BCUT2D eigenvalue weighted by molar-refractivity contribution is 0.402. The lowest BCUT2D eigenvalue weighted by Gasteiger charge is -2.15. The summed E-state index contributed by atoms with van der Waals surface area (Å²) < 4.78 is 5.35. The predicted octanol–water partition coefficient (Wildman–Crippen LogP) is 2.93. The number of hydrogen-bond acceptors (Lipinski definition) is 2. The summed E-state index contributed by atoms with van der Waals surface area (Å²) in [5.74, 6) is 0.868. The summed E-state index contributed by atoms with van der Waals surface area (Å²) in [5.41, 5.74) is 7.92. The van der Waals surface area contributed by atoms with Crippen LogP contribution in [-0.2, 0) is 6.42 Å². The van der Waals surface area contributed by atoms with Crippen LogP contribution in [0.25, 0.3) is 0 Å². The molecule has 1 aromatic rings. The third-order valence-corrected chi connectivity index (χ3v) is 2.45. The van der Waals surface area contributed by atoms with Gasteiger partial charge in [-0.25, -0.2) is 0 Å². The summed E-state index contributed by atoms with van der Waals surface area (Å²) in [5, 5.41) is 0.718. The van der Waals surface area contributed by atoms with E-state index in [9.17, 15) is 0 Å². The first-order valence-corrected chi connectivity index (χ1v) is 5.09. The van der Waals surface area contributed by atoms with Gasteiger partial charge in [0.05, 0.1) is 7.11 Å². The molecule has 0 heterocycles. The highest BCUT2D eigenvalue weighted by atomic mass is 35.5.